The van der Waals surface area contributed by atoms with E-state index in [4.69, 9.17) is 35.6 Å². The molecule has 0 amide bonds. The molecule has 1 atom stereocenters. The Balaban J connectivity index is 1.78. The molecule has 4 heterocycles. The van der Waals surface area contributed by atoms with E-state index in [0.29, 0.717) is 40.3 Å². The lowest BCUT2D eigenvalue weighted by atomic mass is 9.83. The van der Waals surface area contributed by atoms with E-state index in [1.165, 1.54) is 12.8 Å². The first-order chi connectivity index (χ1) is 17.8. The van der Waals surface area contributed by atoms with Gasteiger partial charge in [-0.3, -0.25) is 14.5 Å². The Hall–Kier alpha value is -3.15. The van der Waals surface area contributed by atoms with Crippen molar-refractivity contribution in [2.24, 2.45) is 11.8 Å². The van der Waals surface area contributed by atoms with Crippen LogP contribution in [0, 0.1) is 11.8 Å². The van der Waals surface area contributed by atoms with Crippen molar-refractivity contribution in [3.05, 3.63) is 39.9 Å². The fraction of sp³-hybridized carbons (Fsp3) is 0.520. The zero-order chi connectivity index (χ0) is 26.2. The number of halogens is 1. The van der Waals surface area contributed by atoms with Gasteiger partial charge < -0.3 is 14.0 Å². The summed E-state index contributed by atoms with van der Waals surface area (Å²) in [7, 11) is 3.28. The smallest absolute Gasteiger partial charge is 0.381 e. The van der Waals surface area contributed by atoms with E-state index in [2.05, 4.69) is 31.6 Å². The number of hydrogen-bond donors (Lipinski definition) is 1. The van der Waals surface area contributed by atoms with E-state index in [1.807, 2.05) is 6.92 Å². The van der Waals surface area contributed by atoms with Gasteiger partial charge in [-0.25, -0.2) is 19.7 Å². The van der Waals surface area contributed by atoms with Crippen molar-refractivity contribution >= 4 is 22.8 Å². The molecule has 0 radical (unpaired) electrons. The molecule has 1 unspecified atom stereocenters. The normalized spacial score (nSPS) is 19.8. The molecule has 196 valence electrons. The molecule has 4 aromatic rings. The lowest BCUT2D eigenvalue weighted by Gasteiger charge is -2.31. The van der Waals surface area contributed by atoms with Crippen molar-refractivity contribution in [3.63, 3.8) is 0 Å². The summed E-state index contributed by atoms with van der Waals surface area (Å²) in [6.07, 6.45) is 7.89. The number of fused-ring (bicyclic) bond motifs is 1. The van der Waals surface area contributed by atoms with Gasteiger partial charge in [-0.15, -0.1) is 0 Å². The standard InChI is InChI=1S/C25H30ClN7O4/c1-14-5-7-15(8-6-14)12-33-19-18(16-9-17(26)11-27-10-16)28-21(22-31-24(34)37-32-22)29-20(19)30-23(33)25(2,36-4)13-35-3/h9-11,14-15H,5-8,12-13H2,1-4H3,(H,31,32,34). The van der Waals surface area contributed by atoms with E-state index in [-0.39, 0.29) is 11.6 Å². The molecule has 0 aliphatic heterocycles. The molecule has 11 nitrogen and oxygen atoms in total. The summed E-state index contributed by atoms with van der Waals surface area (Å²) in [6.45, 7) is 5.27. The number of imidazole rings is 1. The Morgan fingerprint density at radius 1 is 1.19 bits per heavy atom. The lowest BCUT2D eigenvalue weighted by molar-refractivity contribution is -0.0637. The van der Waals surface area contributed by atoms with Gasteiger partial charge in [0.1, 0.15) is 22.6 Å². The van der Waals surface area contributed by atoms with Crippen LogP contribution in [0.15, 0.2) is 27.8 Å². The molecule has 12 heteroatoms. The molecule has 0 aromatic carbocycles. The Morgan fingerprint density at radius 3 is 2.62 bits per heavy atom. The second kappa shape index (κ2) is 10.3. The number of methoxy groups -OCH3 is 2. The van der Waals surface area contributed by atoms with Crippen LogP contribution >= 0.6 is 11.6 Å². The summed E-state index contributed by atoms with van der Waals surface area (Å²) in [5, 5.41) is 4.25. The summed E-state index contributed by atoms with van der Waals surface area (Å²) < 4.78 is 18.3. The maximum absolute atomic E-state index is 11.7. The average molecular weight is 528 g/mol. The van der Waals surface area contributed by atoms with Crippen LogP contribution in [-0.2, 0) is 21.6 Å². The van der Waals surface area contributed by atoms with E-state index < -0.39 is 11.4 Å². The van der Waals surface area contributed by atoms with Gasteiger partial charge in [0.05, 0.1) is 11.6 Å². The van der Waals surface area contributed by atoms with Crippen LogP contribution in [0.3, 0.4) is 0 Å². The number of hydrogen-bond acceptors (Lipinski definition) is 9. The maximum atomic E-state index is 11.7. The molecule has 1 aliphatic rings. The van der Waals surface area contributed by atoms with Crippen LogP contribution < -0.4 is 5.76 Å². The molecule has 4 aromatic heterocycles. The number of nitrogens with zero attached hydrogens (tertiary/aromatic N) is 6. The van der Waals surface area contributed by atoms with Gasteiger partial charge in [0.15, 0.2) is 5.65 Å². The van der Waals surface area contributed by atoms with Crippen LogP contribution in [0.25, 0.3) is 34.1 Å². The van der Waals surface area contributed by atoms with E-state index >= 15 is 0 Å². The minimum Gasteiger partial charge on any atom is -0.381 e. The SMILES string of the molecule is COCC(C)(OC)c1nc2nc(-c3noc(=O)[nH]3)nc(-c3cncc(Cl)c3)c2n1CC1CCC(C)CC1. The van der Waals surface area contributed by atoms with Crippen molar-refractivity contribution in [1.29, 1.82) is 0 Å². The molecule has 1 N–H and O–H groups in total. The Kier molecular flexibility index (Phi) is 7.11. The largest absolute Gasteiger partial charge is 0.439 e. The maximum Gasteiger partial charge on any atom is 0.439 e. The minimum absolute atomic E-state index is 0.104. The number of aromatic nitrogens is 7. The van der Waals surface area contributed by atoms with E-state index in [1.54, 1.807) is 32.7 Å². The van der Waals surface area contributed by atoms with Gasteiger partial charge in [-0.1, -0.05) is 36.5 Å². The number of H-pyrrole nitrogens is 1. The molecule has 0 bridgehead atoms. The van der Waals surface area contributed by atoms with Crippen LogP contribution in [0.1, 0.15) is 45.4 Å². The van der Waals surface area contributed by atoms with E-state index in [9.17, 15) is 4.79 Å². The molecular formula is C25H30ClN7O4. The van der Waals surface area contributed by atoms with E-state index in [0.717, 1.165) is 30.8 Å². The van der Waals surface area contributed by atoms with Gasteiger partial charge in [0.2, 0.25) is 11.6 Å². The van der Waals surface area contributed by atoms with Crippen molar-refractivity contribution in [2.45, 2.75) is 51.7 Å². The highest BCUT2D eigenvalue weighted by Gasteiger charge is 2.36. The topological polar surface area (TPSA) is 134 Å². The molecule has 1 fully saturated rings. The van der Waals surface area contributed by atoms with Crippen LogP contribution in [-0.4, -0.2) is 55.5 Å². The number of ether oxygens (including phenoxy) is 2. The first kappa shape index (κ1) is 25.5. The zero-order valence-electron chi connectivity index (χ0n) is 21.3. The van der Waals surface area contributed by atoms with Crippen molar-refractivity contribution in [1.82, 2.24) is 34.6 Å². The highest BCUT2D eigenvalue weighted by molar-refractivity contribution is 6.30. The Bertz CT molecular complexity index is 1460. The Labute approximate surface area is 218 Å². The predicted molar refractivity (Wildman–Crippen MR) is 137 cm³/mol. The Morgan fingerprint density at radius 2 is 1.97 bits per heavy atom. The first-order valence-corrected chi connectivity index (χ1v) is 12.7. The van der Waals surface area contributed by atoms with Gasteiger partial charge >= 0.3 is 5.76 Å². The second-order valence-corrected chi connectivity index (χ2v) is 10.4. The third-order valence-electron chi connectivity index (χ3n) is 7.15. The van der Waals surface area contributed by atoms with Crippen LogP contribution in [0.5, 0.6) is 0 Å². The average Bonchev–Trinajstić information content (AvgIpc) is 3.49. The fourth-order valence-corrected chi connectivity index (χ4v) is 5.23. The van der Waals surface area contributed by atoms with Crippen molar-refractivity contribution < 1.29 is 14.0 Å². The first-order valence-electron chi connectivity index (χ1n) is 12.3. The van der Waals surface area contributed by atoms with Gasteiger partial charge in [-0.05, 0) is 37.7 Å². The minimum atomic E-state index is -0.844. The summed E-state index contributed by atoms with van der Waals surface area (Å²) in [5.41, 5.74) is 1.57. The molecule has 1 aliphatic carbocycles. The number of pyridine rings is 1. The zero-order valence-corrected chi connectivity index (χ0v) is 22.1. The summed E-state index contributed by atoms with van der Waals surface area (Å²) in [4.78, 5) is 32.9. The third kappa shape index (κ3) is 5.03. The number of nitrogens with one attached hydrogen (secondary N) is 1. The van der Waals surface area contributed by atoms with Crippen molar-refractivity contribution in [3.8, 4) is 22.9 Å². The van der Waals surface area contributed by atoms with Crippen LogP contribution in [0.4, 0.5) is 0 Å². The van der Waals surface area contributed by atoms with Crippen molar-refractivity contribution in [2.75, 3.05) is 20.8 Å². The summed E-state index contributed by atoms with van der Waals surface area (Å²) in [6, 6.07) is 1.79. The van der Waals surface area contributed by atoms with Gasteiger partial charge in [-0.2, -0.15) is 0 Å². The molecule has 0 spiro atoms. The lowest BCUT2D eigenvalue weighted by Crippen LogP contribution is -2.34. The molecule has 0 saturated heterocycles. The molecule has 37 heavy (non-hydrogen) atoms. The summed E-state index contributed by atoms with van der Waals surface area (Å²) >= 11 is 6.32. The highest BCUT2D eigenvalue weighted by Crippen LogP contribution is 2.37. The number of rotatable bonds is 8. The number of aromatic amines is 1. The third-order valence-corrected chi connectivity index (χ3v) is 7.36. The summed E-state index contributed by atoms with van der Waals surface area (Å²) in [5.74, 6) is 1.45. The molecular weight excluding hydrogens is 498 g/mol. The van der Waals surface area contributed by atoms with Gasteiger partial charge in [0.25, 0.3) is 0 Å². The molecule has 5 rings (SSSR count). The quantitative estimate of drug-likeness (QED) is 0.357. The predicted octanol–water partition coefficient (Wildman–Crippen LogP) is 4.22. The fourth-order valence-electron chi connectivity index (χ4n) is 5.05. The second-order valence-electron chi connectivity index (χ2n) is 9.94. The highest BCUT2D eigenvalue weighted by atomic mass is 35.5. The molecule has 1 saturated carbocycles. The van der Waals surface area contributed by atoms with Gasteiger partial charge in [0, 0.05) is 38.7 Å². The van der Waals surface area contributed by atoms with Crippen LogP contribution in [0.2, 0.25) is 5.02 Å². The monoisotopic (exact) mass is 527 g/mol.